The quantitative estimate of drug-likeness (QED) is 0.931. The lowest BCUT2D eigenvalue weighted by Gasteiger charge is -2.46. The first-order chi connectivity index (χ1) is 10.1. The number of nitrogens with zero attached hydrogens (tertiary/aromatic N) is 2. The molecule has 2 fully saturated rings. The highest BCUT2D eigenvalue weighted by Crippen LogP contribution is 2.33. The highest BCUT2D eigenvalue weighted by atomic mass is 35.5. The zero-order valence-electron chi connectivity index (χ0n) is 12.4. The molecule has 116 valence electrons. The molecule has 3 unspecified atom stereocenters. The summed E-state index contributed by atoms with van der Waals surface area (Å²) >= 11 is 6.25. The summed E-state index contributed by atoms with van der Waals surface area (Å²) in [5.74, 6) is -0.298. The zero-order valence-corrected chi connectivity index (χ0v) is 13.2. The van der Waals surface area contributed by atoms with E-state index in [0.717, 1.165) is 18.7 Å². The van der Waals surface area contributed by atoms with E-state index in [2.05, 4.69) is 16.7 Å². The maximum absolute atomic E-state index is 13.3. The Morgan fingerprint density at radius 1 is 1.43 bits per heavy atom. The maximum atomic E-state index is 13.3. The fourth-order valence-corrected chi connectivity index (χ4v) is 4.15. The molecule has 0 aromatic heterocycles. The van der Waals surface area contributed by atoms with Crippen molar-refractivity contribution in [2.24, 2.45) is 5.73 Å². The number of hydrogen-bond acceptors (Lipinski definition) is 3. The van der Waals surface area contributed by atoms with E-state index < -0.39 is 0 Å². The number of rotatable bonds is 3. The summed E-state index contributed by atoms with van der Waals surface area (Å²) < 4.78 is 13.3. The molecule has 0 aliphatic carbocycles. The summed E-state index contributed by atoms with van der Waals surface area (Å²) in [5.41, 5.74) is 6.98. The van der Waals surface area contributed by atoms with E-state index in [9.17, 15) is 4.39 Å². The van der Waals surface area contributed by atoms with E-state index in [0.29, 0.717) is 23.7 Å². The highest BCUT2D eigenvalue weighted by Gasteiger charge is 2.37. The van der Waals surface area contributed by atoms with Crippen LogP contribution in [-0.2, 0) is 0 Å². The summed E-state index contributed by atoms with van der Waals surface area (Å²) in [7, 11) is 0. The SMILES string of the molecule is CC1CN2CCCC2CN1C(CN)c1ccc(F)cc1Cl. The average molecular weight is 312 g/mol. The molecule has 0 bridgehead atoms. The number of piperazine rings is 1. The van der Waals surface area contributed by atoms with Crippen LogP contribution in [0.25, 0.3) is 0 Å². The second-order valence-corrected chi connectivity index (χ2v) is 6.66. The van der Waals surface area contributed by atoms with Crippen molar-refractivity contribution in [2.45, 2.75) is 37.9 Å². The molecule has 5 heteroatoms. The number of fused-ring (bicyclic) bond motifs is 1. The van der Waals surface area contributed by atoms with Crippen molar-refractivity contribution in [1.29, 1.82) is 0 Å². The summed E-state index contributed by atoms with van der Waals surface area (Å²) in [6.07, 6.45) is 2.55. The predicted molar refractivity (Wildman–Crippen MR) is 84.0 cm³/mol. The van der Waals surface area contributed by atoms with Crippen LogP contribution in [0.3, 0.4) is 0 Å². The third-order valence-corrected chi connectivity index (χ3v) is 5.26. The first-order valence-corrected chi connectivity index (χ1v) is 8.12. The van der Waals surface area contributed by atoms with Gasteiger partial charge in [0.15, 0.2) is 0 Å². The molecular formula is C16H23ClFN3. The van der Waals surface area contributed by atoms with Gasteiger partial charge in [0, 0.05) is 42.8 Å². The van der Waals surface area contributed by atoms with E-state index in [4.69, 9.17) is 17.3 Å². The van der Waals surface area contributed by atoms with Gasteiger partial charge in [-0.05, 0) is 44.0 Å². The Labute approximate surface area is 130 Å². The molecule has 1 aromatic carbocycles. The monoisotopic (exact) mass is 311 g/mol. The molecule has 0 radical (unpaired) electrons. The first-order valence-electron chi connectivity index (χ1n) is 7.75. The fourth-order valence-electron chi connectivity index (χ4n) is 3.86. The second-order valence-electron chi connectivity index (χ2n) is 6.25. The van der Waals surface area contributed by atoms with Crippen molar-refractivity contribution in [2.75, 3.05) is 26.2 Å². The third kappa shape index (κ3) is 2.95. The van der Waals surface area contributed by atoms with Crippen molar-refractivity contribution in [3.8, 4) is 0 Å². The Kier molecular flexibility index (Phi) is 4.50. The van der Waals surface area contributed by atoms with Gasteiger partial charge in [-0.15, -0.1) is 0 Å². The van der Waals surface area contributed by atoms with Crippen LogP contribution in [0.2, 0.25) is 5.02 Å². The van der Waals surface area contributed by atoms with Crippen molar-refractivity contribution in [3.63, 3.8) is 0 Å². The van der Waals surface area contributed by atoms with E-state index in [-0.39, 0.29) is 11.9 Å². The van der Waals surface area contributed by atoms with Gasteiger partial charge in [-0.1, -0.05) is 17.7 Å². The van der Waals surface area contributed by atoms with Crippen molar-refractivity contribution < 1.29 is 4.39 Å². The fraction of sp³-hybridized carbons (Fsp3) is 0.625. The minimum absolute atomic E-state index is 0.0656. The molecule has 0 amide bonds. The lowest BCUT2D eigenvalue weighted by atomic mass is 9.99. The van der Waals surface area contributed by atoms with Crippen LogP contribution in [-0.4, -0.2) is 48.1 Å². The Balaban J connectivity index is 1.85. The van der Waals surface area contributed by atoms with Gasteiger partial charge >= 0.3 is 0 Å². The summed E-state index contributed by atoms with van der Waals surface area (Å²) in [6.45, 7) is 6.07. The standard InChI is InChI=1S/C16H23ClFN3/c1-11-9-20-6-2-3-13(20)10-21(11)16(8-19)14-5-4-12(18)7-15(14)17/h4-5,7,11,13,16H,2-3,6,8-10,19H2,1H3. The Morgan fingerprint density at radius 2 is 2.24 bits per heavy atom. The predicted octanol–water partition coefficient (Wildman–Crippen LogP) is 2.65. The summed E-state index contributed by atoms with van der Waals surface area (Å²) in [6, 6.07) is 5.78. The second kappa shape index (κ2) is 6.21. The maximum Gasteiger partial charge on any atom is 0.124 e. The lowest BCUT2D eigenvalue weighted by Crippen LogP contribution is -2.56. The van der Waals surface area contributed by atoms with Gasteiger partial charge in [-0.3, -0.25) is 9.80 Å². The zero-order chi connectivity index (χ0) is 15.0. The average Bonchev–Trinajstić information content (AvgIpc) is 2.89. The highest BCUT2D eigenvalue weighted by molar-refractivity contribution is 6.31. The van der Waals surface area contributed by atoms with Crippen molar-refractivity contribution >= 4 is 11.6 Å². The lowest BCUT2D eigenvalue weighted by molar-refractivity contribution is 0.0296. The molecule has 2 N–H and O–H groups in total. The van der Waals surface area contributed by atoms with E-state index >= 15 is 0 Å². The minimum atomic E-state index is -0.298. The molecule has 21 heavy (non-hydrogen) atoms. The van der Waals surface area contributed by atoms with Crippen LogP contribution in [0.1, 0.15) is 31.4 Å². The van der Waals surface area contributed by atoms with Gasteiger partial charge in [-0.25, -0.2) is 4.39 Å². The van der Waals surface area contributed by atoms with Gasteiger partial charge in [0.25, 0.3) is 0 Å². The van der Waals surface area contributed by atoms with Crippen LogP contribution >= 0.6 is 11.6 Å². The van der Waals surface area contributed by atoms with Crippen LogP contribution in [0.4, 0.5) is 4.39 Å². The molecule has 2 aliphatic heterocycles. The Morgan fingerprint density at radius 3 is 2.95 bits per heavy atom. The van der Waals surface area contributed by atoms with Gasteiger partial charge in [0.2, 0.25) is 0 Å². The molecular weight excluding hydrogens is 289 g/mol. The number of benzene rings is 1. The molecule has 1 aromatic rings. The number of nitrogens with two attached hydrogens (primary N) is 1. The normalized spacial score (nSPS) is 28.6. The molecule has 3 nitrogen and oxygen atoms in total. The largest absolute Gasteiger partial charge is 0.329 e. The van der Waals surface area contributed by atoms with Crippen LogP contribution in [0.5, 0.6) is 0 Å². The van der Waals surface area contributed by atoms with Gasteiger partial charge in [0.1, 0.15) is 5.82 Å². The molecule has 2 aliphatic rings. The van der Waals surface area contributed by atoms with Gasteiger partial charge in [-0.2, -0.15) is 0 Å². The molecule has 2 heterocycles. The van der Waals surface area contributed by atoms with Crippen molar-refractivity contribution in [3.05, 3.63) is 34.6 Å². The minimum Gasteiger partial charge on any atom is -0.329 e. The van der Waals surface area contributed by atoms with Gasteiger partial charge in [0.05, 0.1) is 0 Å². The Hall–Kier alpha value is -0.680. The van der Waals surface area contributed by atoms with Crippen molar-refractivity contribution in [1.82, 2.24) is 9.80 Å². The van der Waals surface area contributed by atoms with E-state index in [1.165, 1.54) is 31.5 Å². The molecule has 3 rings (SSSR count). The van der Waals surface area contributed by atoms with Crippen LogP contribution in [0.15, 0.2) is 18.2 Å². The first kappa shape index (κ1) is 15.2. The molecule has 2 saturated heterocycles. The summed E-state index contributed by atoms with van der Waals surface area (Å²) in [5, 5.41) is 0.478. The van der Waals surface area contributed by atoms with E-state index in [1.807, 2.05) is 0 Å². The molecule has 0 saturated carbocycles. The topological polar surface area (TPSA) is 32.5 Å². The Bertz CT molecular complexity index is 510. The van der Waals surface area contributed by atoms with Gasteiger partial charge < -0.3 is 5.73 Å². The molecule has 3 atom stereocenters. The third-order valence-electron chi connectivity index (χ3n) is 4.93. The van der Waals surface area contributed by atoms with Crippen LogP contribution in [0, 0.1) is 5.82 Å². The number of hydrogen-bond donors (Lipinski definition) is 1. The number of halogens is 2. The van der Waals surface area contributed by atoms with Crippen LogP contribution < -0.4 is 5.73 Å². The van der Waals surface area contributed by atoms with E-state index in [1.54, 1.807) is 6.07 Å². The smallest absolute Gasteiger partial charge is 0.124 e. The molecule has 0 spiro atoms. The summed E-state index contributed by atoms with van der Waals surface area (Å²) in [4.78, 5) is 5.03.